The highest BCUT2D eigenvalue weighted by atomic mass is 127. The fourth-order valence-electron chi connectivity index (χ4n) is 2.80. The zero-order valence-corrected chi connectivity index (χ0v) is 15.3. The molecule has 3 heteroatoms. The van der Waals surface area contributed by atoms with Crippen LogP contribution in [0.25, 0.3) is 16.7 Å². The molecule has 0 heterocycles. The Morgan fingerprint density at radius 1 is 1.09 bits per heavy atom. The van der Waals surface area contributed by atoms with E-state index in [1.165, 1.54) is 17.6 Å². The Morgan fingerprint density at radius 3 is 2.41 bits per heavy atom. The van der Waals surface area contributed by atoms with E-state index in [4.69, 9.17) is 11.6 Å². The van der Waals surface area contributed by atoms with Crippen LogP contribution in [0.5, 0.6) is 0 Å². The van der Waals surface area contributed by atoms with Crippen LogP contribution in [0.4, 0.5) is 4.39 Å². The zero-order chi connectivity index (χ0) is 15.7. The maximum absolute atomic E-state index is 14.3. The van der Waals surface area contributed by atoms with Gasteiger partial charge >= 0.3 is 0 Å². The van der Waals surface area contributed by atoms with Gasteiger partial charge in [0.15, 0.2) is 0 Å². The summed E-state index contributed by atoms with van der Waals surface area (Å²) in [6, 6.07) is 11.8. The van der Waals surface area contributed by atoms with E-state index in [9.17, 15) is 4.39 Å². The van der Waals surface area contributed by atoms with E-state index in [0.717, 1.165) is 27.9 Å². The van der Waals surface area contributed by atoms with E-state index in [-0.39, 0.29) is 10.8 Å². The zero-order valence-electron chi connectivity index (χ0n) is 12.4. The number of benzene rings is 2. The summed E-state index contributed by atoms with van der Waals surface area (Å²) >= 11 is 8.52. The molecular weight excluding hydrogens is 410 g/mol. The summed E-state index contributed by atoms with van der Waals surface area (Å²) in [7, 11) is 0. The van der Waals surface area contributed by atoms with Crippen molar-refractivity contribution in [2.45, 2.75) is 30.1 Å². The van der Waals surface area contributed by atoms with Crippen molar-refractivity contribution in [2.75, 3.05) is 0 Å². The third-order valence-corrected chi connectivity index (χ3v) is 5.78. The molecule has 0 saturated heterocycles. The van der Waals surface area contributed by atoms with Gasteiger partial charge in [-0.25, -0.2) is 4.39 Å². The van der Waals surface area contributed by atoms with Crippen LogP contribution >= 0.6 is 34.2 Å². The maximum Gasteiger partial charge on any atom is 0.149 e. The normalized spacial score (nSPS) is 18.2. The maximum atomic E-state index is 14.3. The van der Waals surface area contributed by atoms with Crippen molar-refractivity contribution in [3.8, 4) is 11.1 Å². The van der Waals surface area contributed by atoms with Gasteiger partial charge in [0, 0.05) is 9.49 Å². The molecule has 0 nitrogen and oxygen atoms in total. The fourth-order valence-corrected chi connectivity index (χ4v) is 3.53. The number of alkyl halides is 1. The monoisotopic (exact) mass is 426 g/mol. The number of halogens is 3. The van der Waals surface area contributed by atoms with Crippen molar-refractivity contribution in [1.82, 2.24) is 0 Å². The van der Waals surface area contributed by atoms with E-state index in [1.54, 1.807) is 6.07 Å². The van der Waals surface area contributed by atoms with Gasteiger partial charge in [-0.3, -0.25) is 0 Å². The minimum absolute atomic E-state index is 0.213. The molecule has 22 heavy (non-hydrogen) atoms. The molecule has 114 valence electrons. The lowest BCUT2D eigenvalue weighted by Crippen LogP contribution is -2.03. The second-order valence-corrected chi connectivity index (χ2v) is 7.88. The summed E-state index contributed by atoms with van der Waals surface area (Å²) in [5.74, 6) is -0.334. The highest BCUT2D eigenvalue weighted by Gasteiger charge is 2.14. The Labute approximate surface area is 149 Å². The summed E-state index contributed by atoms with van der Waals surface area (Å²) < 4.78 is 15.1. The van der Waals surface area contributed by atoms with E-state index >= 15 is 0 Å². The summed E-state index contributed by atoms with van der Waals surface area (Å²) in [6.07, 6.45) is 5.83. The van der Waals surface area contributed by atoms with Gasteiger partial charge < -0.3 is 0 Å². The molecule has 1 aliphatic carbocycles. The van der Waals surface area contributed by atoms with E-state index < -0.39 is 0 Å². The van der Waals surface area contributed by atoms with Gasteiger partial charge in [-0.05, 0) is 48.4 Å². The molecule has 0 N–H and O–H groups in total. The largest absolute Gasteiger partial charge is 0.205 e. The molecule has 0 radical (unpaired) electrons. The molecule has 0 spiro atoms. The molecule has 2 aromatic rings. The second kappa shape index (κ2) is 6.71. The summed E-state index contributed by atoms with van der Waals surface area (Å²) in [5, 5.41) is 0.213. The van der Waals surface area contributed by atoms with Crippen LogP contribution in [0.15, 0.2) is 42.5 Å². The van der Waals surface area contributed by atoms with E-state index in [0.29, 0.717) is 5.56 Å². The van der Waals surface area contributed by atoms with Crippen LogP contribution in [-0.4, -0.2) is 3.92 Å². The molecule has 0 aliphatic heterocycles. The Morgan fingerprint density at radius 2 is 1.77 bits per heavy atom. The topological polar surface area (TPSA) is 0 Å². The van der Waals surface area contributed by atoms with Gasteiger partial charge in [-0.1, -0.05) is 76.7 Å². The Kier molecular flexibility index (Phi) is 4.88. The average molecular weight is 427 g/mol. The van der Waals surface area contributed by atoms with Gasteiger partial charge in [0.2, 0.25) is 0 Å². The highest BCUT2D eigenvalue weighted by Crippen LogP contribution is 2.33. The molecule has 2 aromatic carbocycles. The van der Waals surface area contributed by atoms with E-state index in [2.05, 4.69) is 40.8 Å². The first kappa shape index (κ1) is 16.0. The quantitative estimate of drug-likeness (QED) is 0.365. The molecule has 1 atom stereocenters. The number of rotatable bonds is 2. The average Bonchev–Trinajstić information content (AvgIpc) is 2.54. The van der Waals surface area contributed by atoms with Gasteiger partial charge in [0.25, 0.3) is 0 Å². The Balaban J connectivity index is 1.91. The van der Waals surface area contributed by atoms with Crippen LogP contribution in [0.3, 0.4) is 0 Å². The summed E-state index contributed by atoms with van der Waals surface area (Å²) in [4.78, 5) is 0. The van der Waals surface area contributed by atoms with Crippen molar-refractivity contribution < 1.29 is 4.39 Å². The van der Waals surface area contributed by atoms with Crippen LogP contribution in [0, 0.1) is 12.7 Å². The Bertz CT molecular complexity index is 719. The van der Waals surface area contributed by atoms with Crippen LogP contribution in [-0.2, 0) is 0 Å². The first-order valence-electron chi connectivity index (χ1n) is 7.45. The molecule has 0 saturated carbocycles. The standard InChI is InChI=1S/C19H17ClFI/c1-12-2-11-17(19(21)18(12)20)15-5-3-13(4-6-15)14-7-9-16(22)10-8-14/h2-7,11,16H,8-10H2,1H3. The lowest BCUT2D eigenvalue weighted by molar-refractivity contribution is 0.630. The number of hydrogen-bond donors (Lipinski definition) is 0. The SMILES string of the molecule is Cc1ccc(-c2ccc(C3=CCC(I)CC3)cc2)c(F)c1Cl. The van der Waals surface area contributed by atoms with Gasteiger partial charge in [0.05, 0.1) is 5.02 Å². The van der Waals surface area contributed by atoms with Gasteiger partial charge in [-0.2, -0.15) is 0 Å². The molecule has 1 unspecified atom stereocenters. The van der Waals surface area contributed by atoms with Gasteiger partial charge in [-0.15, -0.1) is 0 Å². The van der Waals surface area contributed by atoms with Gasteiger partial charge in [0.1, 0.15) is 5.82 Å². The van der Waals surface area contributed by atoms with Crippen LogP contribution < -0.4 is 0 Å². The molecule has 1 aliphatic rings. The van der Waals surface area contributed by atoms with Crippen molar-refractivity contribution in [3.05, 3.63) is 64.4 Å². The lowest BCUT2D eigenvalue weighted by atomic mass is 9.92. The summed E-state index contributed by atoms with van der Waals surface area (Å²) in [5.41, 5.74) is 4.84. The smallest absolute Gasteiger partial charge is 0.149 e. The summed E-state index contributed by atoms with van der Waals surface area (Å²) in [6.45, 7) is 1.81. The Hall–Kier alpha value is -0.870. The van der Waals surface area contributed by atoms with Crippen LogP contribution in [0.2, 0.25) is 5.02 Å². The van der Waals surface area contributed by atoms with Crippen LogP contribution in [0.1, 0.15) is 30.4 Å². The van der Waals surface area contributed by atoms with E-state index in [1.807, 2.05) is 25.1 Å². The van der Waals surface area contributed by atoms with Crippen molar-refractivity contribution >= 4 is 39.8 Å². The molecule has 0 bridgehead atoms. The molecule has 3 rings (SSSR count). The third kappa shape index (κ3) is 3.23. The minimum Gasteiger partial charge on any atom is -0.205 e. The lowest BCUT2D eigenvalue weighted by Gasteiger charge is -2.17. The number of allylic oxidation sites excluding steroid dienone is 2. The first-order chi connectivity index (χ1) is 10.6. The predicted octanol–water partition coefficient (Wildman–Crippen LogP) is 6.83. The van der Waals surface area contributed by atoms with Crippen molar-refractivity contribution in [2.24, 2.45) is 0 Å². The fraction of sp³-hybridized carbons (Fsp3) is 0.263. The first-order valence-corrected chi connectivity index (χ1v) is 9.07. The molecule has 0 aromatic heterocycles. The minimum atomic E-state index is -0.334. The van der Waals surface area contributed by atoms with Crippen molar-refractivity contribution in [3.63, 3.8) is 0 Å². The highest BCUT2D eigenvalue weighted by molar-refractivity contribution is 14.1. The molecular formula is C19H17ClFI. The number of hydrogen-bond acceptors (Lipinski definition) is 0. The predicted molar refractivity (Wildman–Crippen MR) is 101 cm³/mol. The number of aryl methyl sites for hydroxylation is 1. The second-order valence-electron chi connectivity index (χ2n) is 5.74. The van der Waals surface area contributed by atoms with Crippen molar-refractivity contribution in [1.29, 1.82) is 0 Å². The molecule has 0 amide bonds. The molecule has 0 fully saturated rings. The third-order valence-electron chi connectivity index (χ3n) is 4.19.